The number of esters is 1. The van der Waals surface area contributed by atoms with E-state index in [1.165, 1.54) is 32.9 Å². The van der Waals surface area contributed by atoms with Gasteiger partial charge in [-0.2, -0.15) is 0 Å². The molecule has 1 atom stereocenters. The predicted octanol–water partition coefficient (Wildman–Crippen LogP) is 0.400. The minimum atomic E-state index is -0.606. The average molecular weight is 224 g/mol. The third-order valence-electron chi connectivity index (χ3n) is 3.05. The zero-order valence-electron chi connectivity index (χ0n) is 10.6. The molecular formula is C13H22NO2+. The molecule has 1 N–H and O–H groups in total. The molecule has 0 aromatic heterocycles. The van der Waals surface area contributed by atoms with Gasteiger partial charge in [0.1, 0.15) is 6.54 Å². The van der Waals surface area contributed by atoms with Crippen LogP contribution in [0.25, 0.3) is 0 Å². The summed E-state index contributed by atoms with van der Waals surface area (Å²) in [6, 6.07) is 0. The number of carbonyl (C=O) groups excluding carboxylic acids is 1. The molecule has 16 heavy (non-hydrogen) atoms. The second-order valence-corrected chi connectivity index (χ2v) is 4.61. The largest absolute Gasteiger partial charge is 0.446 e. The topological polar surface area (TPSA) is 30.7 Å². The molecule has 0 unspecified atom stereocenters. The fourth-order valence-corrected chi connectivity index (χ4v) is 1.91. The van der Waals surface area contributed by atoms with Crippen LogP contribution in [-0.4, -0.2) is 31.2 Å². The van der Waals surface area contributed by atoms with Crippen LogP contribution >= 0.6 is 0 Å². The van der Waals surface area contributed by atoms with E-state index in [4.69, 9.17) is 4.74 Å². The highest BCUT2D eigenvalue weighted by Gasteiger charge is 2.22. The van der Waals surface area contributed by atoms with E-state index < -0.39 is 5.60 Å². The van der Waals surface area contributed by atoms with E-state index in [2.05, 4.69) is 11.8 Å². The van der Waals surface area contributed by atoms with Gasteiger partial charge in [-0.3, -0.25) is 4.79 Å². The van der Waals surface area contributed by atoms with E-state index in [9.17, 15) is 4.79 Å². The highest BCUT2D eigenvalue weighted by molar-refractivity contribution is 5.67. The Balaban J connectivity index is 2.47. The molecule has 1 aliphatic heterocycles. The maximum Gasteiger partial charge on any atom is 0.304 e. The number of rotatable bonds is 3. The predicted molar refractivity (Wildman–Crippen MR) is 63.0 cm³/mol. The number of quaternary nitrogens is 1. The third-order valence-corrected chi connectivity index (χ3v) is 3.05. The first-order chi connectivity index (χ1) is 7.56. The standard InChI is InChI=1S/C13H21NO2/c1-4-13(3,16-12(2)15)8-7-11-14-9-5-6-10-14/h4-6,9-11H2,1-3H3/p+1/t13-/m1/s1. The fraction of sp³-hybridized carbons (Fsp3) is 0.769. The van der Waals surface area contributed by atoms with Gasteiger partial charge in [0, 0.05) is 19.8 Å². The highest BCUT2D eigenvalue weighted by atomic mass is 16.6. The van der Waals surface area contributed by atoms with Gasteiger partial charge in [0.15, 0.2) is 5.60 Å². The molecule has 1 saturated heterocycles. The normalized spacial score (nSPS) is 19.7. The van der Waals surface area contributed by atoms with Gasteiger partial charge < -0.3 is 9.64 Å². The summed E-state index contributed by atoms with van der Waals surface area (Å²) in [5.41, 5.74) is -0.606. The summed E-state index contributed by atoms with van der Waals surface area (Å²) in [4.78, 5) is 12.5. The second kappa shape index (κ2) is 5.91. The minimum Gasteiger partial charge on any atom is -0.446 e. The molecule has 1 rings (SSSR count). The molecule has 90 valence electrons. The molecule has 3 heteroatoms. The lowest BCUT2D eigenvalue weighted by atomic mass is 10.0. The van der Waals surface area contributed by atoms with E-state index in [-0.39, 0.29) is 5.97 Å². The van der Waals surface area contributed by atoms with Crippen LogP contribution in [0.1, 0.15) is 40.0 Å². The van der Waals surface area contributed by atoms with Crippen molar-refractivity contribution in [3.8, 4) is 11.8 Å². The number of likely N-dealkylation sites (tertiary alicyclic amines) is 1. The quantitative estimate of drug-likeness (QED) is 0.556. The van der Waals surface area contributed by atoms with Crippen molar-refractivity contribution in [2.45, 2.75) is 45.6 Å². The van der Waals surface area contributed by atoms with Gasteiger partial charge in [-0.05, 0) is 25.2 Å². The van der Waals surface area contributed by atoms with Crippen molar-refractivity contribution >= 4 is 5.97 Å². The SMILES string of the molecule is CC[C@](C)(C#CC[NH+]1CCCC1)OC(C)=O. The highest BCUT2D eigenvalue weighted by Crippen LogP contribution is 2.13. The molecule has 3 nitrogen and oxygen atoms in total. The lowest BCUT2D eigenvalue weighted by molar-refractivity contribution is -0.879. The summed E-state index contributed by atoms with van der Waals surface area (Å²) in [6.45, 7) is 8.62. The molecule has 0 aromatic rings. The van der Waals surface area contributed by atoms with Crippen LogP contribution in [0.4, 0.5) is 0 Å². The van der Waals surface area contributed by atoms with E-state index in [1.54, 1.807) is 4.90 Å². The summed E-state index contributed by atoms with van der Waals surface area (Å²) < 4.78 is 5.23. The number of ether oxygens (including phenoxy) is 1. The van der Waals surface area contributed by atoms with Gasteiger partial charge in [0.25, 0.3) is 0 Å². The molecule has 0 aromatic carbocycles. The van der Waals surface area contributed by atoms with Gasteiger partial charge in [0.2, 0.25) is 0 Å². The first kappa shape index (κ1) is 13.1. The zero-order valence-corrected chi connectivity index (χ0v) is 10.6. The van der Waals surface area contributed by atoms with Crippen molar-refractivity contribution in [1.29, 1.82) is 0 Å². The van der Waals surface area contributed by atoms with Gasteiger partial charge in [-0.25, -0.2) is 0 Å². The van der Waals surface area contributed by atoms with Crippen LogP contribution in [0.5, 0.6) is 0 Å². The molecule has 1 heterocycles. The second-order valence-electron chi connectivity index (χ2n) is 4.61. The summed E-state index contributed by atoms with van der Waals surface area (Å²) in [6.07, 6.45) is 3.35. The maximum atomic E-state index is 10.9. The van der Waals surface area contributed by atoms with Crippen LogP contribution in [0, 0.1) is 11.8 Å². The zero-order chi connectivity index (χ0) is 12.0. The van der Waals surface area contributed by atoms with Gasteiger partial charge >= 0.3 is 5.97 Å². The third kappa shape index (κ3) is 4.24. The Labute approximate surface area is 98.1 Å². The van der Waals surface area contributed by atoms with Crippen LogP contribution in [0.15, 0.2) is 0 Å². The van der Waals surface area contributed by atoms with Crippen molar-refractivity contribution in [3.05, 3.63) is 0 Å². The molecule has 1 fully saturated rings. The number of hydrogen-bond donors (Lipinski definition) is 1. The van der Waals surface area contributed by atoms with Crippen molar-refractivity contribution in [2.24, 2.45) is 0 Å². The van der Waals surface area contributed by atoms with E-state index in [0.717, 1.165) is 13.0 Å². The van der Waals surface area contributed by atoms with E-state index in [1.807, 2.05) is 13.8 Å². The van der Waals surface area contributed by atoms with E-state index >= 15 is 0 Å². The Morgan fingerprint density at radius 3 is 2.56 bits per heavy atom. The summed E-state index contributed by atoms with van der Waals surface area (Å²) >= 11 is 0. The first-order valence-electron chi connectivity index (χ1n) is 6.09. The van der Waals surface area contributed by atoms with Crippen LogP contribution < -0.4 is 4.90 Å². The smallest absolute Gasteiger partial charge is 0.304 e. The van der Waals surface area contributed by atoms with Crippen molar-refractivity contribution < 1.29 is 14.4 Å². The monoisotopic (exact) mass is 224 g/mol. The lowest BCUT2D eigenvalue weighted by Gasteiger charge is -2.21. The number of nitrogens with one attached hydrogen (secondary N) is 1. The molecule has 0 radical (unpaired) electrons. The summed E-state index contributed by atoms with van der Waals surface area (Å²) in [5, 5.41) is 0. The Bertz CT molecular complexity index is 297. The molecule has 0 aliphatic carbocycles. The fourth-order valence-electron chi connectivity index (χ4n) is 1.91. The molecule has 1 aliphatic rings. The van der Waals surface area contributed by atoms with Crippen LogP contribution in [-0.2, 0) is 9.53 Å². The van der Waals surface area contributed by atoms with E-state index in [0.29, 0.717) is 0 Å². The minimum absolute atomic E-state index is 0.257. The molecule has 0 spiro atoms. The van der Waals surface area contributed by atoms with Gasteiger partial charge in [-0.1, -0.05) is 6.92 Å². The Hall–Kier alpha value is -1.01. The molecular weight excluding hydrogens is 202 g/mol. The molecule has 0 saturated carbocycles. The Morgan fingerprint density at radius 1 is 1.44 bits per heavy atom. The van der Waals surface area contributed by atoms with Crippen molar-refractivity contribution in [3.63, 3.8) is 0 Å². The molecule has 0 bridgehead atoms. The van der Waals surface area contributed by atoms with Crippen LogP contribution in [0.2, 0.25) is 0 Å². The van der Waals surface area contributed by atoms with Crippen LogP contribution in [0.3, 0.4) is 0 Å². The summed E-state index contributed by atoms with van der Waals surface area (Å²) in [7, 11) is 0. The lowest BCUT2D eigenvalue weighted by Crippen LogP contribution is -3.09. The average Bonchev–Trinajstić information content (AvgIpc) is 2.69. The number of hydrogen-bond acceptors (Lipinski definition) is 2. The van der Waals surface area contributed by atoms with Gasteiger partial charge in [0.05, 0.1) is 13.1 Å². The summed E-state index contributed by atoms with van der Waals surface area (Å²) in [5.74, 6) is 5.99. The molecule has 0 amide bonds. The number of carbonyl (C=O) groups is 1. The first-order valence-corrected chi connectivity index (χ1v) is 6.09. The maximum absolute atomic E-state index is 10.9. The Morgan fingerprint density at radius 2 is 2.06 bits per heavy atom. The van der Waals surface area contributed by atoms with Crippen molar-refractivity contribution in [1.82, 2.24) is 0 Å². The van der Waals surface area contributed by atoms with Gasteiger partial charge in [-0.15, -0.1) is 0 Å². The van der Waals surface area contributed by atoms with Crippen molar-refractivity contribution in [2.75, 3.05) is 19.6 Å². The Kier molecular flexibility index (Phi) is 4.82.